The van der Waals surface area contributed by atoms with Crippen molar-refractivity contribution in [3.05, 3.63) is 34.8 Å². The van der Waals surface area contributed by atoms with Gasteiger partial charge < -0.3 is 4.90 Å². The van der Waals surface area contributed by atoms with E-state index in [4.69, 9.17) is 0 Å². The lowest BCUT2D eigenvalue weighted by Gasteiger charge is -2.27. The van der Waals surface area contributed by atoms with Crippen LogP contribution in [0.2, 0.25) is 0 Å². The summed E-state index contributed by atoms with van der Waals surface area (Å²) in [6, 6.07) is 8.09. The van der Waals surface area contributed by atoms with Crippen molar-refractivity contribution >= 4 is 28.1 Å². The van der Waals surface area contributed by atoms with Crippen LogP contribution in [0.3, 0.4) is 0 Å². The van der Waals surface area contributed by atoms with Gasteiger partial charge in [-0.05, 0) is 45.0 Å². The molecule has 2 rings (SSSR count). The third-order valence-electron chi connectivity index (χ3n) is 3.71. The standard InChI is InChI=1S/C18H26N4OS/c1-7-22(12(2)3)14-10-8-13(9-11-14)15(23)19-17-21-20-16(24-17)18(4,5)6/h8-12H,7H2,1-6H3,(H,19,21,23). The molecule has 0 radical (unpaired) electrons. The Kier molecular flexibility index (Phi) is 5.59. The highest BCUT2D eigenvalue weighted by Gasteiger charge is 2.20. The van der Waals surface area contributed by atoms with E-state index in [1.54, 1.807) is 0 Å². The maximum atomic E-state index is 12.4. The van der Waals surface area contributed by atoms with Crippen molar-refractivity contribution in [2.24, 2.45) is 0 Å². The molecular weight excluding hydrogens is 320 g/mol. The second kappa shape index (κ2) is 7.30. The van der Waals surface area contributed by atoms with E-state index in [2.05, 4.69) is 62.0 Å². The Hall–Kier alpha value is -1.95. The van der Waals surface area contributed by atoms with Crippen molar-refractivity contribution in [1.29, 1.82) is 0 Å². The van der Waals surface area contributed by atoms with E-state index in [0.29, 0.717) is 16.7 Å². The molecular formula is C18H26N4OS. The lowest BCUT2D eigenvalue weighted by molar-refractivity contribution is 0.102. The number of aromatic nitrogens is 2. The van der Waals surface area contributed by atoms with Crippen molar-refractivity contribution in [1.82, 2.24) is 10.2 Å². The summed E-state index contributed by atoms with van der Waals surface area (Å²) in [7, 11) is 0. The van der Waals surface area contributed by atoms with Gasteiger partial charge in [-0.1, -0.05) is 32.1 Å². The van der Waals surface area contributed by atoms with E-state index in [0.717, 1.165) is 17.2 Å². The SMILES string of the molecule is CCN(c1ccc(C(=O)Nc2nnc(C(C)(C)C)s2)cc1)C(C)C. The molecule has 0 aliphatic carbocycles. The molecule has 0 aliphatic heterocycles. The third-order valence-corrected chi connectivity index (χ3v) is 4.98. The summed E-state index contributed by atoms with van der Waals surface area (Å²) in [5.41, 5.74) is 1.67. The molecule has 0 unspecified atom stereocenters. The zero-order valence-electron chi connectivity index (χ0n) is 15.3. The summed E-state index contributed by atoms with van der Waals surface area (Å²) < 4.78 is 0. The number of hydrogen-bond acceptors (Lipinski definition) is 5. The molecule has 0 fully saturated rings. The largest absolute Gasteiger partial charge is 0.369 e. The molecule has 1 heterocycles. The van der Waals surface area contributed by atoms with Crippen molar-refractivity contribution in [2.45, 2.75) is 53.0 Å². The van der Waals surface area contributed by atoms with Gasteiger partial charge in [0.1, 0.15) is 5.01 Å². The van der Waals surface area contributed by atoms with Crippen LogP contribution in [-0.2, 0) is 5.41 Å². The summed E-state index contributed by atoms with van der Waals surface area (Å²) in [6.45, 7) is 13.6. The number of hydrogen-bond donors (Lipinski definition) is 1. The smallest absolute Gasteiger partial charge is 0.257 e. The van der Waals surface area contributed by atoms with Gasteiger partial charge in [0.05, 0.1) is 0 Å². The van der Waals surface area contributed by atoms with E-state index in [-0.39, 0.29) is 11.3 Å². The van der Waals surface area contributed by atoms with Crippen molar-refractivity contribution in [2.75, 3.05) is 16.8 Å². The van der Waals surface area contributed by atoms with Crippen molar-refractivity contribution in [3.8, 4) is 0 Å². The quantitative estimate of drug-likeness (QED) is 0.876. The van der Waals surface area contributed by atoms with E-state index >= 15 is 0 Å². The fourth-order valence-electron chi connectivity index (χ4n) is 2.40. The van der Waals surface area contributed by atoms with Crippen LogP contribution in [-0.4, -0.2) is 28.7 Å². The maximum absolute atomic E-state index is 12.4. The van der Waals surface area contributed by atoms with Gasteiger partial charge in [0.25, 0.3) is 5.91 Å². The highest BCUT2D eigenvalue weighted by molar-refractivity contribution is 7.15. The van der Waals surface area contributed by atoms with Gasteiger partial charge >= 0.3 is 0 Å². The molecule has 1 amide bonds. The molecule has 5 nitrogen and oxygen atoms in total. The first-order valence-electron chi connectivity index (χ1n) is 8.24. The first-order chi connectivity index (χ1) is 11.2. The summed E-state index contributed by atoms with van der Waals surface area (Å²) in [4.78, 5) is 14.7. The molecule has 1 aromatic heterocycles. The number of benzene rings is 1. The molecule has 0 bridgehead atoms. The van der Waals surface area contributed by atoms with Crippen LogP contribution in [0.1, 0.15) is 56.9 Å². The minimum absolute atomic E-state index is 0.0667. The highest BCUT2D eigenvalue weighted by Crippen LogP contribution is 2.28. The van der Waals surface area contributed by atoms with Crippen LogP contribution in [0.4, 0.5) is 10.8 Å². The zero-order chi connectivity index (χ0) is 17.9. The number of anilines is 2. The Bertz CT molecular complexity index is 686. The lowest BCUT2D eigenvalue weighted by atomic mass is 9.98. The van der Waals surface area contributed by atoms with E-state index < -0.39 is 0 Å². The molecule has 1 aromatic carbocycles. The third kappa shape index (κ3) is 4.32. The number of carbonyl (C=O) groups excluding carboxylic acids is 1. The number of rotatable bonds is 5. The van der Waals surface area contributed by atoms with Crippen LogP contribution in [0.25, 0.3) is 0 Å². The van der Waals surface area contributed by atoms with Crippen LogP contribution in [0, 0.1) is 0 Å². The predicted octanol–water partition coefficient (Wildman–Crippen LogP) is 4.32. The Morgan fingerprint density at radius 3 is 2.29 bits per heavy atom. The van der Waals surface area contributed by atoms with E-state index in [9.17, 15) is 4.79 Å². The summed E-state index contributed by atoms with van der Waals surface area (Å²) in [6.07, 6.45) is 0. The molecule has 6 heteroatoms. The number of nitrogens with one attached hydrogen (secondary N) is 1. The minimum Gasteiger partial charge on any atom is -0.369 e. The summed E-state index contributed by atoms with van der Waals surface area (Å²) >= 11 is 1.42. The Morgan fingerprint density at radius 2 is 1.83 bits per heavy atom. The van der Waals surface area contributed by atoms with Gasteiger partial charge in [0, 0.05) is 29.3 Å². The average molecular weight is 346 g/mol. The molecule has 0 saturated heterocycles. The van der Waals surface area contributed by atoms with Gasteiger partial charge in [-0.2, -0.15) is 0 Å². The fraction of sp³-hybridized carbons (Fsp3) is 0.500. The average Bonchev–Trinajstić information content (AvgIpc) is 2.97. The van der Waals surface area contributed by atoms with Gasteiger partial charge in [-0.3, -0.25) is 10.1 Å². The molecule has 2 aromatic rings. The second-order valence-corrected chi connectivity index (χ2v) is 8.02. The van der Waals surface area contributed by atoms with Crippen LogP contribution in [0.5, 0.6) is 0 Å². The molecule has 0 atom stereocenters. The van der Waals surface area contributed by atoms with Gasteiger partial charge in [0.2, 0.25) is 5.13 Å². The number of nitrogens with zero attached hydrogens (tertiary/aromatic N) is 3. The Balaban J connectivity index is 2.09. The van der Waals surface area contributed by atoms with Crippen LogP contribution in [0.15, 0.2) is 24.3 Å². The van der Waals surface area contributed by atoms with Gasteiger partial charge in [-0.25, -0.2) is 0 Å². The fourth-order valence-corrected chi connectivity index (χ4v) is 3.19. The molecule has 130 valence electrons. The molecule has 0 saturated carbocycles. The first-order valence-corrected chi connectivity index (χ1v) is 9.06. The highest BCUT2D eigenvalue weighted by atomic mass is 32.1. The van der Waals surface area contributed by atoms with Crippen molar-refractivity contribution < 1.29 is 4.79 Å². The normalized spacial score (nSPS) is 11.6. The Labute approximate surface area is 148 Å². The van der Waals surface area contributed by atoms with Crippen LogP contribution >= 0.6 is 11.3 Å². The minimum atomic E-state index is -0.161. The summed E-state index contributed by atoms with van der Waals surface area (Å²) in [5.74, 6) is -0.161. The van der Waals surface area contributed by atoms with E-state index in [1.807, 2.05) is 24.3 Å². The van der Waals surface area contributed by atoms with Crippen molar-refractivity contribution in [3.63, 3.8) is 0 Å². The zero-order valence-corrected chi connectivity index (χ0v) is 16.1. The number of carbonyl (C=O) groups is 1. The van der Waals surface area contributed by atoms with E-state index in [1.165, 1.54) is 11.3 Å². The predicted molar refractivity (Wildman–Crippen MR) is 101 cm³/mol. The topological polar surface area (TPSA) is 58.1 Å². The molecule has 1 N–H and O–H groups in total. The monoisotopic (exact) mass is 346 g/mol. The first kappa shape index (κ1) is 18.4. The molecule has 0 spiro atoms. The molecule has 0 aliphatic rings. The lowest BCUT2D eigenvalue weighted by Crippen LogP contribution is -2.30. The Morgan fingerprint density at radius 1 is 1.21 bits per heavy atom. The van der Waals surface area contributed by atoms with Gasteiger partial charge in [0.15, 0.2) is 0 Å². The second-order valence-electron chi connectivity index (χ2n) is 7.04. The molecule has 24 heavy (non-hydrogen) atoms. The van der Waals surface area contributed by atoms with Gasteiger partial charge in [-0.15, -0.1) is 10.2 Å². The number of amides is 1. The maximum Gasteiger partial charge on any atom is 0.257 e. The van der Waals surface area contributed by atoms with Crippen LogP contribution < -0.4 is 10.2 Å². The summed E-state index contributed by atoms with van der Waals surface area (Å²) in [5, 5.41) is 12.5.